The van der Waals surface area contributed by atoms with Crippen LogP contribution in [0.25, 0.3) is 5.70 Å². The highest BCUT2D eigenvalue weighted by molar-refractivity contribution is 6.09. The average Bonchev–Trinajstić information content (AvgIpc) is 2.72. The van der Waals surface area contributed by atoms with Crippen LogP contribution in [0.1, 0.15) is 18.9 Å². The molecule has 1 heterocycles. The van der Waals surface area contributed by atoms with Gasteiger partial charge in [0.05, 0.1) is 24.3 Å². The Balaban J connectivity index is 2.44. The Bertz CT molecular complexity index is 537. The number of carbonyl (C=O) groups excluding carboxylic acids is 2. The Labute approximate surface area is 103 Å². The van der Waals surface area contributed by atoms with Gasteiger partial charge < -0.3 is 10.1 Å². The van der Waals surface area contributed by atoms with E-state index in [9.17, 15) is 14.0 Å². The molecule has 5 heteroatoms. The van der Waals surface area contributed by atoms with E-state index in [1.54, 1.807) is 19.1 Å². The number of hydrogen-bond acceptors (Lipinski definition) is 3. The number of hydrogen-bond donors (Lipinski definition) is 1. The Morgan fingerprint density at radius 1 is 1.44 bits per heavy atom. The topological polar surface area (TPSA) is 55.4 Å². The summed E-state index contributed by atoms with van der Waals surface area (Å²) in [4.78, 5) is 23.1. The summed E-state index contributed by atoms with van der Waals surface area (Å²) in [5, 5.41) is 2.50. The minimum atomic E-state index is -0.589. The van der Waals surface area contributed by atoms with Gasteiger partial charge in [-0.1, -0.05) is 12.1 Å². The first-order valence-corrected chi connectivity index (χ1v) is 5.58. The second kappa shape index (κ2) is 5.00. The van der Waals surface area contributed by atoms with E-state index in [1.807, 2.05) is 0 Å². The predicted octanol–water partition coefficient (Wildman–Crippen LogP) is 1.62. The summed E-state index contributed by atoms with van der Waals surface area (Å²) in [6, 6.07) is 5.96. The lowest BCUT2D eigenvalue weighted by molar-refractivity contribution is -0.139. The fourth-order valence-corrected chi connectivity index (χ4v) is 1.79. The molecule has 0 spiro atoms. The monoisotopic (exact) mass is 249 g/mol. The van der Waals surface area contributed by atoms with Crippen molar-refractivity contribution in [2.45, 2.75) is 13.3 Å². The van der Waals surface area contributed by atoms with Crippen LogP contribution in [-0.2, 0) is 14.3 Å². The maximum atomic E-state index is 13.7. The molecule has 1 aromatic carbocycles. The zero-order valence-corrected chi connectivity index (χ0v) is 9.83. The highest BCUT2D eigenvalue weighted by atomic mass is 19.1. The number of esters is 1. The van der Waals surface area contributed by atoms with Crippen LogP contribution in [0.2, 0.25) is 0 Å². The Morgan fingerprint density at radius 3 is 2.83 bits per heavy atom. The van der Waals surface area contributed by atoms with Gasteiger partial charge in [0.1, 0.15) is 5.82 Å². The summed E-state index contributed by atoms with van der Waals surface area (Å²) in [6.45, 7) is 1.88. The lowest BCUT2D eigenvalue weighted by Crippen LogP contribution is -2.14. The zero-order valence-electron chi connectivity index (χ0n) is 9.83. The fraction of sp³-hybridized carbons (Fsp3) is 0.231. The first-order chi connectivity index (χ1) is 8.63. The molecule has 1 aromatic rings. The van der Waals surface area contributed by atoms with Crippen molar-refractivity contribution in [2.75, 3.05) is 6.61 Å². The summed E-state index contributed by atoms with van der Waals surface area (Å²) >= 11 is 0. The molecule has 4 nitrogen and oxygen atoms in total. The molecule has 18 heavy (non-hydrogen) atoms. The van der Waals surface area contributed by atoms with E-state index in [4.69, 9.17) is 4.74 Å². The standard InChI is InChI=1S/C13H12FNO3/c1-2-18-13(17)9-7-11(16)15-12(9)8-5-3-4-6-10(8)14/h3-6H,2,7H2,1H3,(H,15,16). The second-order valence-electron chi connectivity index (χ2n) is 3.78. The van der Waals surface area contributed by atoms with Gasteiger partial charge in [0.15, 0.2) is 0 Å². The third kappa shape index (κ3) is 2.25. The van der Waals surface area contributed by atoms with Gasteiger partial charge in [0.25, 0.3) is 0 Å². The largest absolute Gasteiger partial charge is 0.463 e. The third-order valence-corrected chi connectivity index (χ3v) is 2.57. The molecule has 0 bridgehead atoms. The molecule has 0 radical (unpaired) electrons. The molecular weight excluding hydrogens is 237 g/mol. The summed E-state index contributed by atoms with van der Waals surface area (Å²) in [6.07, 6.45) is -0.0809. The van der Waals surface area contributed by atoms with Crippen molar-refractivity contribution >= 4 is 17.6 Å². The molecule has 0 aliphatic carbocycles. The zero-order chi connectivity index (χ0) is 13.1. The molecule has 94 valence electrons. The van der Waals surface area contributed by atoms with Crippen molar-refractivity contribution in [2.24, 2.45) is 0 Å². The van der Waals surface area contributed by atoms with Crippen LogP contribution in [0.15, 0.2) is 29.8 Å². The van der Waals surface area contributed by atoms with Gasteiger partial charge in [0, 0.05) is 5.56 Å². The van der Waals surface area contributed by atoms with Crippen molar-refractivity contribution in [3.63, 3.8) is 0 Å². The first kappa shape index (κ1) is 12.3. The molecule has 0 saturated carbocycles. The molecule has 0 unspecified atom stereocenters. The van der Waals surface area contributed by atoms with E-state index in [2.05, 4.69) is 5.32 Å². The summed E-state index contributed by atoms with van der Waals surface area (Å²) in [5.41, 5.74) is 0.579. The molecule has 1 N–H and O–H groups in total. The number of rotatable bonds is 3. The molecule has 1 aliphatic rings. The van der Waals surface area contributed by atoms with E-state index in [0.29, 0.717) is 0 Å². The number of halogens is 1. The quantitative estimate of drug-likeness (QED) is 0.828. The summed E-state index contributed by atoms with van der Waals surface area (Å²) < 4.78 is 18.5. The molecule has 1 amide bonds. The van der Waals surface area contributed by atoms with Crippen LogP contribution >= 0.6 is 0 Å². The van der Waals surface area contributed by atoms with Gasteiger partial charge in [-0.05, 0) is 19.1 Å². The van der Waals surface area contributed by atoms with E-state index in [1.165, 1.54) is 12.1 Å². The minimum absolute atomic E-state index is 0.0809. The SMILES string of the molecule is CCOC(=O)C1=C(c2ccccc2F)NC(=O)C1. The van der Waals surface area contributed by atoms with Gasteiger partial charge in [-0.15, -0.1) is 0 Å². The maximum Gasteiger partial charge on any atom is 0.336 e. The Kier molecular flexibility index (Phi) is 3.41. The van der Waals surface area contributed by atoms with Crippen molar-refractivity contribution in [3.05, 3.63) is 41.2 Å². The van der Waals surface area contributed by atoms with Crippen LogP contribution in [0.5, 0.6) is 0 Å². The minimum Gasteiger partial charge on any atom is -0.463 e. The smallest absolute Gasteiger partial charge is 0.336 e. The van der Waals surface area contributed by atoms with Crippen LogP contribution < -0.4 is 5.32 Å². The fourth-order valence-electron chi connectivity index (χ4n) is 1.79. The van der Waals surface area contributed by atoms with Crippen LogP contribution in [0.4, 0.5) is 4.39 Å². The van der Waals surface area contributed by atoms with Crippen LogP contribution in [0, 0.1) is 5.82 Å². The number of nitrogens with one attached hydrogen (secondary N) is 1. The van der Waals surface area contributed by atoms with E-state index in [0.717, 1.165) is 0 Å². The van der Waals surface area contributed by atoms with Gasteiger partial charge in [-0.2, -0.15) is 0 Å². The average molecular weight is 249 g/mol. The highest BCUT2D eigenvalue weighted by Crippen LogP contribution is 2.26. The van der Waals surface area contributed by atoms with Gasteiger partial charge >= 0.3 is 5.97 Å². The molecule has 0 fully saturated rings. The van der Waals surface area contributed by atoms with Gasteiger partial charge in [-0.25, -0.2) is 9.18 Å². The first-order valence-electron chi connectivity index (χ1n) is 5.58. The molecule has 0 aromatic heterocycles. The van der Waals surface area contributed by atoms with Gasteiger partial charge in [-0.3, -0.25) is 4.79 Å². The maximum absolute atomic E-state index is 13.7. The number of amides is 1. The molecule has 1 aliphatic heterocycles. The van der Waals surface area contributed by atoms with Gasteiger partial charge in [0.2, 0.25) is 5.91 Å². The molecule has 0 atom stereocenters. The summed E-state index contributed by atoms with van der Waals surface area (Å²) in [5.74, 6) is -1.41. The third-order valence-electron chi connectivity index (χ3n) is 2.57. The van der Waals surface area contributed by atoms with Crippen molar-refractivity contribution in [3.8, 4) is 0 Å². The van der Waals surface area contributed by atoms with Crippen molar-refractivity contribution in [1.82, 2.24) is 5.32 Å². The van der Waals surface area contributed by atoms with Crippen LogP contribution in [0.3, 0.4) is 0 Å². The van der Waals surface area contributed by atoms with E-state index < -0.39 is 11.8 Å². The number of carbonyl (C=O) groups is 2. The summed E-state index contributed by atoms with van der Waals surface area (Å²) in [7, 11) is 0. The normalized spacial score (nSPS) is 14.7. The van der Waals surface area contributed by atoms with E-state index in [-0.39, 0.29) is 35.8 Å². The Morgan fingerprint density at radius 2 is 2.17 bits per heavy atom. The second-order valence-corrected chi connectivity index (χ2v) is 3.78. The Hall–Kier alpha value is -2.17. The van der Waals surface area contributed by atoms with Crippen molar-refractivity contribution < 1.29 is 18.7 Å². The highest BCUT2D eigenvalue weighted by Gasteiger charge is 2.29. The number of ether oxygens (including phenoxy) is 1. The van der Waals surface area contributed by atoms with Crippen molar-refractivity contribution in [1.29, 1.82) is 0 Å². The lowest BCUT2D eigenvalue weighted by Gasteiger charge is -2.07. The van der Waals surface area contributed by atoms with E-state index >= 15 is 0 Å². The lowest BCUT2D eigenvalue weighted by atomic mass is 10.1. The molecule has 2 rings (SSSR count). The number of benzene rings is 1. The molecular formula is C13H12FNO3. The van der Waals surface area contributed by atoms with Crippen LogP contribution in [-0.4, -0.2) is 18.5 Å². The molecule has 0 saturated heterocycles. The predicted molar refractivity (Wildman–Crippen MR) is 62.7 cm³/mol.